The largest absolute Gasteiger partial charge is 0.478 e. The molecule has 0 saturated heterocycles. The summed E-state index contributed by atoms with van der Waals surface area (Å²) in [5.41, 5.74) is 4.09. The van der Waals surface area contributed by atoms with Crippen LogP contribution < -0.4 is 0 Å². The Morgan fingerprint density at radius 2 is 1.78 bits per heavy atom. The van der Waals surface area contributed by atoms with Gasteiger partial charge >= 0.3 is 5.97 Å². The molecule has 0 aliphatic rings. The maximum atomic E-state index is 12.0. The molecule has 0 radical (unpaired) electrons. The Bertz CT molecular complexity index is 793. The first kappa shape index (κ1) is 20.9. The van der Waals surface area contributed by atoms with Crippen LogP contribution in [-0.2, 0) is 18.3 Å². The van der Waals surface area contributed by atoms with Crippen LogP contribution >= 0.6 is 0 Å². The van der Waals surface area contributed by atoms with Gasteiger partial charge in [-0.1, -0.05) is 65.3 Å². The van der Waals surface area contributed by atoms with Crippen LogP contribution in [-0.4, -0.2) is 20.9 Å². The van der Waals surface area contributed by atoms with Crippen molar-refractivity contribution < 1.29 is 9.90 Å². The van der Waals surface area contributed by atoms with E-state index in [1.807, 2.05) is 16.8 Å². The second kappa shape index (κ2) is 9.03. The van der Waals surface area contributed by atoms with Crippen molar-refractivity contribution in [3.63, 3.8) is 0 Å². The molecule has 1 aromatic carbocycles. The zero-order valence-corrected chi connectivity index (χ0v) is 17.2. The number of carboxylic acids is 1. The van der Waals surface area contributed by atoms with E-state index in [4.69, 9.17) is 5.10 Å². The molecule has 0 fully saturated rings. The quantitative estimate of drug-likeness (QED) is 0.606. The molecule has 1 heterocycles. The van der Waals surface area contributed by atoms with E-state index in [1.54, 1.807) is 0 Å². The van der Waals surface area contributed by atoms with Crippen molar-refractivity contribution in [3.05, 3.63) is 58.9 Å². The summed E-state index contributed by atoms with van der Waals surface area (Å²) in [6.45, 7) is 10.7. The first-order valence-corrected chi connectivity index (χ1v) is 9.89. The van der Waals surface area contributed by atoms with Crippen molar-refractivity contribution >= 4 is 5.97 Å². The van der Waals surface area contributed by atoms with Gasteiger partial charge in [0.2, 0.25) is 0 Å². The number of aryl methyl sites for hydroxylation is 1. The van der Waals surface area contributed by atoms with Gasteiger partial charge in [0.15, 0.2) is 0 Å². The fourth-order valence-electron chi connectivity index (χ4n) is 3.21. The van der Waals surface area contributed by atoms with Gasteiger partial charge in [0.1, 0.15) is 5.56 Å². The van der Waals surface area contributed by atoms with Gasteiger partial charge in [-0.15, -0.1) is 0 Å². The number of benzene rings is 1. The molecule has 1 aromatic heterocycles. The number of carbonyl (C=O) groups is 1. The van der Waals surface area contributed by atoms with E-state index in [2.05, 4.69) is 58.9 Å². The first-order valence-electron chi connectivity index (χ1n) is 9.89. The summed E-state index contributed by atoms with van der Waals surface area (Å²) in [4.78, 5) is 12.0. The number of carboxylic acid groups (broad SMARTS) is 1. The van der Waals surface area contributed by atoms with E-state index in [1.165, 1.54) is 5.56 Å². The van der Waals surface area contributed by atoms with Gasteiger partial charge in [0.05, 0.1) is 17.1 Å². The topological polar surface area (TPSA) is 55.1 Å². The summed E-state index contributed by atoms with van der Waals surface area (Å²) >= 11 is 0. The summed E-state index contributed by atoms with van der Waals surface area (Å²) < 4.78 is 1.83. The predicted octanol–water partition coefficient (Wildman–Crippen LogP) is 5.72. The maximum Gasteiger partial charge on any atom is 0.339 e. The van der Waals surface area contributed by atoms with E-state index in [-0.39, 0.29) is 5.41 Å². The molecule has 4 heteroatoms. The van der Waals surface area contributed by atoms with Crippen LogP contribution in [0, 0.1) is 0 Å². The average molecular weight is 369 g/mol. The minimum absolute atomic E-state index is 0.0812. The SMILES string of the molecule is CC/C=C\CCc1nn(-c2ccc(C(C)(C)C)cc2)c(CCC)c1C(=O)O. The van der Waals surface area contributed by atoms with E-state index in [0.717, 1.165) is 30.6 Å². The molecule has 0 aliphatic heterocycles. The minimum atomic E-state index is -0.884. The summed E-state index contributed by atoms with van der Waals surface area (Å²) in [7, 11) is 0. The van der Waals surface area contributed by atoms with E-state index in [9.17, 15) is 9.90 Å². The molecular formula is C23H32N2O2. The molecule has 0 spiro atoms. The van der Waals surface area contributed by atoms with Crippen molar-refractivity contribution in [3.8, 4) is 5.69 Å². The molecule has 0 aliphatic carbocycles. The van der Waals surface area contributed by atoms with E-state index < -0.39 is 5.97 Å². The highest BCUT2D eigenvalue weighted by molar-refractivity contribution is 5.90. The molecule has 0 atom stereocenters. The summed E-state index contributed by atoms with van der Waals surface area (Å²) in [6.07, 6.45) is 8.21. The van der Waals surface area contributed by atoms with Gasteiger partial charge < -0.3 is 5.11 Å². The number of aromatic nitrogens is 2. The highest BCUT2D eigenvalue weighted by atomic mass is 16.4. The number of aromatic carboxylic acids is 1. The van der Waals surface area contributed by atoms with Crippen LogP contribution in [0.1, 0.15) is 81.2 Å². The smallest absolute Gasteiger partial charge is 0.339 e. The molecular weight excluding hydrogens is 336 g/mol. The third-order valence-electron chi connectivity index (χ3n) is 4.68. The molecule has 4 nitrogen and oxygen atoms in total. The Kier molecular flexibility index (Phi) is 7.00. The first-order chi connectivity index (χ1) is 12.8. The lowest BCUT2D eigenvalue weighted by Gasteiger charge is -2.19. The van der Waals surface area contributed by atoms with Crippen molar-refractivity contribution in [2.24, 2.45) is 0 Å². The van der Waals surface area contributed by atoms with E-state index in [0.29, 0.717) is 24.1 Å². The highest BCUT2D eigenvalue weighted by Crippen LogP contribution is 2.26. The van der Waals surface area contributed by atoms with Crippen LogP contribution in [0.3, 0.4) is 0 Å². The van der Waals surface area contributed by atoms with Crippen LogP contribution in [0.4, 0.5) is 0 Å². The second-order valence-electron chi connectivity index (χ2n) is 7.95. The van der Waals surface area contributed by atoms with Gasteiger partial charge in [-0.2, -0.15) is 5.10 Å². The fourth-order valence-corrected chi connectivity index (χ4v) is 3.21. The zero-order chi connectivity index (χ0) is 20.0. The van der Waals surface area contributed by atoms with Gasteiger partial charge in [-0.3, -0.25) is 0 Å². The molecule has 2 aromatic rings. The van der Waals surface area contributed by atoms with Crippen LogP contribution in [0.25, 0.3) is 5.69 Å². The maximum absolute atomic E-state index is 12.0. The summed E-state index contributed by atoms with van der Waals surface area (Å²) in [5.74, 6) is -0.884. The van der Waals surface area contributed by atoms with Crippen LogP contribution in [0.2, 0.25) is 0 Å². The monoisotopic (exact) mass is 368 g/mol. The number of rotatable bonds is 8. The lowest BCUT2D eigenvalue weighted by Crippen LogP contribution is -2.11. The number of nitrogens with zero attached hydrogens (tertiary/aromatic N) is 2. The number of allylic oxidation sites excluding steroid dienone is 2. The predicted molar refractivity (Wildman–Crippen MR) is 111 cm³/mol. The van der Waals surface area contributed by atoms with Crippen LogP contribution in [0.5, 0.6) is 0 Å². The molecule has 0 unspecified atom stereocenters. The average Bonchev–Trinajstić information content (AvgIpc) is 2.97. The summed E-state index contributed by atoms with van der Waals surface area (Å²) in [5, 5.41) is 14.5. The zero-order valence-electron chi connectivity index (χ0n) is 17.2. The van der Waals surface area contributed by atoms with E-state index >= 15 is 0 Å². The van der Waals surface area contributed by atoms with Crippen molar-refractivity contribution in [2.75, 3.05) is 0 Å². The van der Waals surface area contributed by atoms with Crippen molar-refractivity contribution in [2.45, 2.75) is 72.1 Å². The van der Waals surface area contributed by atoms with Gasteiger partial charge in [0.25, 0.3) is 0 Å². The van der Waals surface area contributed by atoms with Gasteiger partial charge in [-0.25, -0.2) is 9.48 Å². The third kappa shape index (κ3) is 5.09. The van der Waals surface area contributed by atoms with Gasteiger partial charge in [-0.05, 0) is 48.8 Å². The van der Waals surface area contributed by atoms with Crippen molar-refractivity contribution in [1.82, 2.24) is 9.78 Å². The van der Waals surface area contributed by atoms with Crippen molar-refractivity contribution in [1.29, 1.82) is 0 Å². The highest BCUT2D eigenvalue weighted by Gasteiger charge is 2.23. The van der Waals surface area contributed by atoms with Crippen LogP contribution in [0.15, 0.2) is 36.4 Å². The Morgan fingerprint density at radius 3 is 2.30 bits per heavy atom. The Balaban J connectivity index is 2.48. The number of hydrogen-bond acceptors (Lipinski definition) is 2. The molecule has 146 valence electrons. The fraction of sp³-hybridized carbons (Fsp3) is 0.478. The van der Waals surface area contributed by atoms with Gasteiger partial charge in [0, 0.05) is 0 Å². The lowest BCUT2D eigenvalue weighted by molar-refractivity contribution is 0.0694. The Labute approximate surface area is 162 Å². The lowest BCUT2D eigenvalue weighted by atomic mass is 9.87. The minimum Gasteiger partial charge on any atom is -0.478 e. The Morgan fingerprint density at radius 1 is 1.11 bits per heavy atom. The Hall–Kier alpha value is -2.36. The molecule has 0 saturated carbocycles. The molecule has 1 N–H and O–H groups in total. The normalized spacial score (nSPS) is 12.0. The number of hydrogen-bond donors (Lipinski definition) is 1. The second-order valence-corrected chi connectivity index (χ2v) is 7.95. The molecule has 0 amide bonds. The molecule has 27 heavy (non-hydrogen) atoms. The standard InChI is InChI=1S/C23H32N2O2/c1-6-8-9-10-12-19-21(22(26)27)20(11-7-2)25(24-19)18-15-13-17(14-16-18)23(3,4)5/h8-9,13-16H,6-7,10-12H2,1-5H3,(H,26,27)/b9-8-. The molecule has 0 bridgehead atoms. The molecule has 2 rings (SSSR count). The summed E-state index contributed by atoms with van der Waals surface area (Å²) in [6, 6.07) is 8.30. The third-order valence-corrected chi connectivity index (χ3v) is 4.68.